The average molecular weight is 347 g/mol. The summed E-state index contributed by atoms with van der Waals surface area (Å²) in [6.07, 6.45) is 2.43. The van der Waals surface area contributed by atoms with E-state index < -0.39 is 0 Å². The maximum atomic E-state index is 12.4. The minimum Gasteiger partial charge on any atom is -0.331 e. The molecule has 0 bridgehead atoms. The number of rotatable bonds is 6. The van der Waals surface area contributed by atoms with Gasteiger partial charge >= 0.3 is 6.03 Å². The number of benzene rings is 1. The highest BCUT2D eigenvalue weighted by Crippen LogP contribution is 2.15. The zero-order valence-electron chi connectivity index (χ0n) is 16.5. The van der Waals surface area contributed by atoms with Gasteiger partial charge in [0.1, 0.15) is 0 Å². The number of aryl methyl sites for hydroxylation is 1. The molecule has 0 aromatic heterocycles. The second kappa shape index (κ2) is 9.20. The zero-order valence-corrected chi connectivity index (χ0v) is 16.5. The molecule has 25 heavy (non-hydrogen) atoms. The zero-order chi connectivity index (χ0) is 18.4. The Kier molecular flexibility index (Phi) is 7.26. The number of nitrogens with one attached hydrogen (secondary N) is 1. The van der Waals surface area contributed by atoms with Crippen molar-refractivity contribution in [2.24, 2.45) is 0 Å². The largest absolute Gasteiger partial charge is 0.331 e. The molecule has 2 amide bonds. The van der Waals surface area contributed by atoms with Gasteiger partial charge in [0, 0.05) is 26.2 Å². The van der Waals surface area contributed by atoms with E-state index >= 15 is 0 Å². The van der Waals surface area contributed by atoms with Crippen molar-refractivity contribution in [2.45, 2.75) is 38.8 Å². The van der Waals surface area contributed by atoms with Gasteiger partial charge < -0.3 is 20.0 Å². The number of likely N-dealkylation sites (tertiary alicyclic amines) is 1. The molecule has 1 aliphatic heterocycles. The van der Waals surface area contributed by atoms with Gasteiger partial charge in [-0.05, 0) is 59.4 Å². The number of likely N-dealkylation sites (N-methyl/N-ethyl adjacent to an activating group) is 2. The van der Waals surface area contributed by atoms with E-state index in [9.17, 15) is 4.79 Å². The van der Waals surface area contributed by atoms with E-state index in [4.69, 9.17) is 0 Å². The van der Waals surface area contributed by atoms with Crippen LogP contribution in [0.1, 0.15) is 36.9 Å². The molecule has 1 heterocycles. The highest BCUT2D eigenvalue weighted by molar-refractivity contribution is 5.74. The van der Waals surface area contributed by atoms with Crippen LogP contribution in [0.4, 0.5) is 4.79 Å². The van der Waals surface area contributed by atoms with Crippen LogP contribution in [0, 0.1) is 6.92 Å². The van der Waals surface area contributed by atoms with Crippen molar-refractivity contribution in [3.63, 3.8) is 0 Å². The second-order valence-electron chi connectivity index (χ2n) is 7.52. The van der Waals surface area contributed by atoms with Crippen molar-refractivity contribution in [1.29, 1.82) is 0 Å². The van der Waals surface area contributed by atoms with Crippen molar-refractivity contribution in [1.82, 2.24) is 20.0 Å². The molecule has 2 rings (SSSR count). The first kappa shape index (κ1) is 19.7. The van der Waals surface area contributed by atoms with Crippen LogP contribution in [-0.2, 0) is 0 Å². The molecular formula is C20H34N4O. The predicted octanol–water partition coefficient (Wildman–Crippen LogP) is 2.72. The van der Waals surface area contributed by atoms with Crippen LogP contribution in [-0.4, -0.2) is 74.1 Å². The topological polar surface area (TPSA) is 38.8 Å². The van der Waals surface area contributed by atoms with Gasteiger partial charge in [-0.15, -0.1) is 0 Å². The lowest BCUT2D eigenvalue weighted by Crippen LogP contribution is -2.46. The minimum absolute atomic E-state index is 0.00940. The van der Waals surface area contributed by atoms with Gasteiger partial charge in [0.15, 0.2) is 0 Å². The first-order chi connectivity index (χ1) is 11.9. The molecule has 0 spiro atoms. The molecule has 0 unspecified atom stereocenters. The standard InChI is InChI=1S/C20H34N4O/c1-16-6-8-18(9-7-16)17(2)21-20(25)24(5)15-14-23(4)19-10-12-22(3)13-11-19/h6-9,17,19H,10-15H2,1-5H3,(H,21,25)/t17-/m1/s1. The van der Waals surface area contributed by atoms with Gasteiger partial charge in [0.2, 0.25) is 0 Å². The Hall–Kier alpha value is -1.59. The number of amides is 2. The number of urea groups is 1. The number of nitrogens with zero attached hydrogens (tertiary/aromatic N) is 3. The summed E-state index contributed by atoms with van der Waals surface area (Å²) >= 11 is 0. The van der Waals surface area contributed by atoms with Gasteiger partial charge in [-0.3, -0.25) is 0 Å². The summed E-state index contributed by atoms with van der Waals surface area (Å²) in [5.41, 5.74) is 2.37. The van der Waals surface area contributed by atoms with E-state index in [1.54, 1.807) is 4.90 Å². The van der Waals surface area contributed by atoms with Crippen LogP contribution in [0.3, 0.4) is 0 Å². The van der Waals surface area contributed by atoms with Crippen LogP contribution in [0.25, 0.3) is 0 Å². The van der Waals surface area contributed by atoms with E-state index in [0.29, 0.717) is 6.04 Å². The van der Waals surface area contributed by atoms with E-state index in [-0.39, 0.29) is 12.1 Å². The van der Waals surface area contributed by atoms with E-state index in [1.807, 2.05) is 14.0 Å². The number of carbonyl (C=O) groups is 1. The Labute approximate surface area is 153 Å². The number of hydrogen-bond acceptors (Lipinski definition) is 3. The SMILES string of the molecule is Cc1ccc([C@@H](C)NC(=O)N(C)CCN(C)C2CCN(C)CC2)cc1. The summed E-state index contributed by atoms with van der Waals surface area (Å²) in [4.78, 5) is 19.0. The molecule has 1 aromatic carbocycles. The van der Waals surface area contributed by atoms with Crippen LogP contribution in [0.5, 0.6) is 0 Å². The highest BCUT2D eigenvalue weighted by Gasteiger charge is 2.21. The van der Waals surface area contributed by atoms with Gasteiger partial charge in [-0.2, -0.15) is 0 Å². The normalized spacial score (nSPS) is 17.5. The number of hydrogen-bond donors (Lipinski definition) is 1. The molecule has 1 N–H and O–H groups in total. The third-order valence-electron chi connectivity index (χ3n) is 5.36. The molecule has 0 saturated carbocycles. The summed E-state index contributed by atoms with van der Waals surface area (Å²) in [5.74, 6) is 0. The second-order valence-corrected chi connectivity index (χ2v) is 7.52. The molecule has 0 radical (unpaired) electrons. The smallest absolute Gasteiger partial charge is 0.317 e. The predicted molar refractivity (Wildman–Crippen MR) is 104 cm³/mol. The highest BCUT2D eigenvalue weighted by atomic mass is 16.2. The van der Waals surface area contributed by atoms with Crippen molar-refractivity contribution in [3.05, 3.63) is 35.4 Å². The monoisotopic (exact) mass is 346 g/mol. The quantitative estimate of drug-likeness (QED) is 0.861. The lowest BCUT2D eigenvalue weighted by Gasteiger charge is -2.35. The van der Waals surface area contributed by atoms with E-state index in [0.717, 1.165) is 18.7 Å². The summed E-state index contributed by atoms with van der Waals surface area (Å²) in [6.45, 7) is 8.09. The van der Waals surface area contributed by atoms with Crippen LogP contribution in [0.2, 0.25) is 0 Å². The fourth-order valence-corrected chi connectivity index (χ4v) is 3.26. The van der Waals surface area contributed by atoms with E-state index in [1.165, 1.54) is 31.5 Å². The van der Waals surface area contributed by atoms with Crippen LogP contribution in [0.15, 0.2) is 24.3 Å². The summed E-state index contributed by atoms with van der Waals surface area (Å²) in [7, 11) is 6.24. The summed E-state index contributed by atoms with van der Waals surface area (Å²) < 4.78 is 0. The van der Waals surface area contributed by atoms with Gasteiger partial charge in [-0.1, -0.05) is 29.8 Å². The molecule has 140 valence electrons. The maximum Gasteiger partial charge on any atom is 0.317 e. The Bertz CT molecular complexity index is 537. The van der Waals surface area contributed by atoms with Crippen molar-refractivity contribution in [3.8, 4) is 0 Å². The lowest BCUT2D eigenvalue weighted by atomic mass is 10.0. The van der Waals surface area contributed by atoms with Crippen LogP contribution < -0.4 is 5.32 Å². The Morgan fingerprint density at radius 2 is 1.80 bits per heavy atom. The maximum absolute atomic E-state index is 12.4. The fraction of sp³-hybridized carbons (Fsp3) is 0.650. The third kappa shape index (κ3) is 6.01. The molecule has 1 atom stereocenters. The molecule has 5 heteroatoms. The average Bonchev–Trinajstić information content (AvgIpc) is 2.60. The van der Waals surface area contributed by atoms with Crippen molar-refractivity contribution < 1.29 is 4.79 Å². The van der Waals surface area contributed by atoms with Crippen LogP contribution >= 0.6 is 0 Å². The van der Waals surface area contributed by atoms with Crippen molar-refractivity contribution in [2.75, 3.05) is 47.3 Å². The first-order valence-corrected chi connectivity index (χ1v) is 9.34. The minimum atomic E-state index is -0.00940. The molecule has 1 aliphatic rings. The molecule has 0 aliphatic carbocycles. The van der Waals surface area contributed by atoms with Gasteiger partial charge in [0.05, 0.1) is 6.04 Å². The summed E-state index contributed by atoms with van der Waals surface area (Å²) in [5, 5.41) is 3.09. The molecule has 5 nitrogen and oxygen atoms in total. The molecule has 1 aromatic rings. The van der Waals surface area contributed by atoms with Gasteiger partial charge in [-0.25, -0.2) is 4.79 Å². The fourth-order valence-electron chi connectivity index (χ4n) is 3.26. The van der Waals surface area contributed by atoms with Crippen molar-refractivity contribution >= 4 is 6.03 Å². The number of carbonyl (C=O) groups excluding carboxylic acids is 1. The molecular weight excluding hydrogens is 312 g/mol. The Morgan fingerprint density at radius 3 is 2.40 bits per heavy atom. The lowest BCUT2D eigenvalue weighted by molar-refractivity contribution is 0.134. The third-order valence-corrected chi connectivity index (χ3v) is 5.36. The number of piperidine rings is 1. The molecule has 1 saturated heterocycles. The van der Waals surface area contributed by atoms with E-state index in [2.05, 4.69) is 60.4 Å². The summed E-state index contributed by atoms with van der Waals surface area (Å²) in [6, 6.07) is 8.96. The van der Waals surface area contributed by atoms with Gasteiger partial charge in [0.25, 0.3) is 0 Å². The first-order valence-electron chi connectivity index (χ1n) is 9.34. The Balaban J connectivity index is 1.75. The molecule has 1 fully saturated rings. The Morgan fingerprint density at radius 1 is 1.20 bits per heavy atom.